The van der Waals surface area contributed by atoms with Crippen LogP contribution in [-0.4, -0.2) is 24.6 Å². The van der Waals surface area contributed by atoms with Gasteiger partial charge in [0.1, 0.15) is 5.75 Å². The first-order chi connectivity index (χ1) is 7.94. The molecule has 2 rings (SSSR count). The quantitative estimate of drug-likeness (QED) is 0.750. The number of hydrogen-bond donors (Lipinski definition) is 1. The molecule has 0 spiro atoms. The molecule has 0 unspecified atom stereocenters. The Labute approximate surface area is 98.7 Å². The maximum atomic E-state index is 11.6. The second kappa shape index (κ2) is 3.76. The fourth-order valence-corrected chi connectivity index (χ4v) is 1.55. The average molecular weight is 235 g/mol. The van der Waals surface area contributed by atoms with Crippen LogP contribution < -0.4 is 10.1 Å². The zero-order valence-electron chi connectivity index (χ0n) is 9.87. The van der Waals surface area contributed by atoms with E-state index >= 15 is 0 Å². The molecule has 90 valence electrons. The van der Waals surface area contributed by atoms with Gasteiger partial charge < -0.3 is 14.8 Å². The van der Waals surface area contributed by atoms with Crippen molar-refractivity contribution in [1.82, 2.24) is 0 Å². The van der Waals surface area contributed by atoms with E-state index < -0.39 is 11.6 Å². The number of hydrogen-bond acceptors (Lipinski definition) is 4. The molecule has 1 heterocycles. The predicted octanol–water partition coefficient (Wildman–Crippen LogP) is 1.58. The van der Waals surface area contributed by atoms with Gasteiger partial charge in [0.15, 0.2) is 5.60 Å². The van der Waals surface area contributed by atoms with Crippen LogP contribution in [0.15, 0.2) is 18.2 Å². The van der Waals surface area contributed by atoms with Crippen molar-refractivity contribution in [3.8, 4) is 5.75 Å². The molecule has 17 heavy (non-hydrogen) atoms. The average Bonchev–Trinajstić information content (AvgIpc) is 2.28. The number of methoxy groups -OCH3 is 1. The molecule has 5 nitrogen and oxygen atoms in total. The second-order valence-corrected chi connectivity index (χ2v) is 4.27. The lowest BCUT2D eigenvalue weighted by molar-refractivity contribution is -0.129. The Morgan fingerprint density at radius 1 is 1.41 bits per heavy atom. The van der Waals surface area contributed by atoms with Gasteiger partial charge in [-0.15, -0.1) is 0 Å². The molecular formula is C12H13NO4. The molecule has 0 radical (unpaired) electrons. The van der Waals surface area contributed by atoms with Crippen molar-refractivity contribution < 1.29 is 19.1 Å². The minimum atomic E-state index is -0.943. The van der Waals surface area contributed by atoms with Crippen LogP contribution in [0.5, 0.6) is 5.75 Å². The zero-order chi connectivity index (χ0) is 12.6. The molecule has 0 atom stereocenters. The highest BCUT2D eigenvalue weighted by Gasteiger charge is 2.35. The number of anilines is 1. The number of amides is 1. The van der Waals surface area contributed by atoms with Gasteiger partial charge in [0, 0.05) is 0 Å². The zero-order valence-corrected chi connectivity index (χ0v) is 9.87. The SMILES string of the molecule is COC(=O)c1ccc2c(c1)OC(C)(C)C(=O)N2. The van der Waals surface area contributed by atoms with Crippen molar-refractivity contribution in [1.29, 1.82) is 0 Å². The van der Waals surface area contributed by atoms with E-state index in [0.717, 1.165) is 0 Å². The highest BCUT2D eigenvalue weighted by atomic mass is 16.5. The van der Waals surface area contributed by atoms with E-state index in [9.17, 15) is 9.59 Å². The fraction of sp³-hybridized carbons (Fsp3) is 0.333. The number of rotatable bonds is 1. The third-order valence-corrected chi connectivity index (χ3v) is 2.56. The molecule has 1 aliphatic heterocycles. The lowest BCUT2D eigenvalue weighted by atomic mass is 10.1. The third kappa shape index (κ3) is 1.95. The van der Waals surface area contributed by atoms with E-state index in [1.165, 1.54) is 7.11 Å². The molecule has 1 N–H and O–H groups in total. The van der Waals surface area contributed by atoms with E-state index in [0.29, 0.717) is 17.0 Å². The molecule has 1 aromatic rings. The van der Waals surface area contributed by atoms with Crippen molar-refractivity contribution in [2.24, 2.45) is 0 Å². The molecule has 1 aliphatic rings. The third-order valence-electron chi connectivity index (χ3n) is 2.56. The van der Waals surface area contributed by atoms with Crippen LogP contribution in [0, 0.1) is 0 Å². The predicted molar refractivity (Wildman–Crippen MR) is 61.1 cm³/mol. The Kier molecular flexibility index (Phi) is 2.53. The molecule has 1 aromatic carbocycles. The first kappa shape index (κ1) is 11.4. The maximum absolute atomic E-state index is 11.6. The topological polar surface area (TPSA) is 64.6 Å². The van der Waals surface area contributed by atoms with E-state index in [-0.39, 0.29) is 5.91 Å². The van der Waals surface area contributed by atoms with Gasteiger partial charge in [-0.3, -0.25) is 4.79 Å². The molecule has 1 amide bonds. The lowest BCUT2D eigenvalue weighted by Gasteiger charge is -2.31. The van der Waals surface area contributed by atoms with Crippen LogP contribution >= 0.6 is 0 Å². The molecule has 0 saturated heterocycles. The Bertz CT molecular complexity index is 493. The van der Waals surface area contributed by atoms with Gasteiger partial charge in [0.25, 0.3) is 5.91 Å². The van der Waals surface area contributed by atoms with Gasteiger partial charge in [0.05, 0.1) is 18.4 Å². The molecule has 0 aliphatic carbocycles. The van der Waals surface area contributed by atoms with E-state index in [2.05, 4.69) is 10.1 Å². The highest BCUT2D eigenvalue weighted by molar-refractivity contribution is 6.01. The van der Waals surface area contributed by atoms with Crippen molar-refractivity contribution in [2.45, 2.75) is 19.4 Å². The molecule has 0 fully saturated rings. The number of benzene rings is 1. The minimum Gasteiger partial charge on any atom is -0.476 e. The van der Waals surface area contributed by atoms with Crippen LogP contribution in [0.3, 0.4) is 0 Å². The monoisotopic (exact) mass is 235 g/mol. The van der Waals surface area contributed by atoms with Gasteiger partial charge in [-0.25, -0.2) is 4.79 Å². The normalized spacial score (nSPS) is 16.5. The summed E-state index contributed by atoms with van der Waals surface area (Å²) < 4.78 is 10.2. The van der Waals surface area contributed by atoms with Gasteiger partial charge in [0.2, 0.25) is 0 Å². The van der Waals surface area contributed by atoms with Crippen LogP contribution in [0.4, 0.5) is 5.69 Å². The Hall–Kier alpha value is -2.04. The van der Waals surface area contributed by atoms with Crippen LogP contribution in [0.2, 0.25) is 0 Å². The number of carbonyl (C=O) groups excluding carboxylic acids is 2. The van der Waals surface area contributed by atoms with Crippen molar-refractivity contribution in [3.63, 3.8) is 0 Å². The molecular weight excluding hydrogens is 222 g/mol. The minimum absolute atomic E-state index is 0.212. The summed E-state index contributed by atoms with van der Waals surface area (Å²) in [6, 6.07) is 4.75. The Morgan fingerprint density at radius 2 is 2.12 bits per heavy atom. The van der Waals surface area contributed by atoms with Crippen LogP contribution in [0.25, 0.3) is 0 Å². The number of ether oxygens (including phenoxy) is 2. The summed E-state index contributed by atoms with van der Waals surface area (Å²) in [5.41, 5.74) is 0.00189. The number of esters is 1. The van der Waals surface area contributed by atoms with Gasteiger partial charge in [-0.05, 0) is 32.0 Å². The molecule has 0 aromatic heterocycles. The van der Waals surface area contributed by atoms with Gasteiger partial charge in [-0.1, -0.05) is 0 Å². The van der Waals surface area contributed by atoms with Gasteiger partial charge >= 0.3 is 5.97 Å². The first-order valence-electron chi connectivity index (χ1n) is 5.17. The molecule has 0 bridgehead atoms. The van der Waals surface area contributed by atoms with E-state index in [4.69, 9.17) is 4.74 Å². The van der Waals surface area contributed by atoms with Crippen molar-refractivity contribution >= 4 is 17.6 Å². The summed E-state index contributed by atoms with van der Waals surface area (Å²) in [6.07, 6.45) is 0. The Morgan fingerprint density at radius 3 is 2.76 bits per heavy atom. The largest absolute Gasteiger partial charge is 0.476 e. The van der Waals surface area contributed by atoms with Crippen LogP contribution in [0.1, 0.15) is 24.2 Å². The fourth-order valence-electron chi connectivity index (χ4n) is 1.55. The summed E-state index contributed by atoms with van der Waals surface area (Å²) in [6.45, 7) is 3.33. The number of fused-ring (bicyclic) bond motifs is 1. The summed E-state index contributed by atoms with van der Waals surface area (Å²) in [5.74, 6) is -0.181. The van der Waals surface area contributed by atoms with Gasteiger partial charge in [-0.2, -0.15) is 0 Å². The standard InChI is InChI=1S/C12H13NO4/c1-12(2)11(15)13-8-5-4-7(10(14)16-3)6-9(8)17-12/h4-6H,1-3H3,(H,13,15). The summed E-state index contributed by atoms with van der Waals surface area (Å²) in [5, 5.41) is 2.72. The number of carbonyl (C=O) groups is 2. The van der Waals surface area contributed by atoms with E-state index in [1.807, 2.05) is 0 Å². The summed E-state index contributed by atoms with van der Waals surface area (Å²) in [4.78, 5) is 23.0. The van der Waals surface area contributed by atoms with E-state index in [1.54, 1.807) is 32.0 Å². The smallest absolute Gasteiger partial charge is 0.337 e. The first-order valence-corrected chi connectivity index (χ1v) is 5.17. The summed E-state index contributed by atoms with van der Waals surface area (Å²) in [7, 11) is 1.31. The Balaban J connectivity index is 2.41. The maximum Gasteiger partial charge on any atom is 0.337 e. The second-order valence-electron chi connectivity index (χ2n) is 4.27. The van der Waals surface area contributed by atoms with Crippen LogP contribution in [-0.2, 0) is 9.53 Å². The molecule has 5 heteroatoms. The highest BCUT2D eigenvalue weighted by Crippen LogP contribution is 2.34. The lowest BCUT2D eigenvalue weighted by Crippen LogP contribution is -2.45. The van der Waals surface area contributed by atoms with Crippen molar-refractivity contribution in [3.05, 3.63) is 23.8 Å². The summed E-state index contributed by atoms with van der Waals surface area (Å²) >= 11 is 0. The molecule has 0 saturated carbocycles. The van der Waals surface area contributed by atoms with Crippen molar-refractivity contribution in [2.75, 3.05) is 12.4 Å². The number of nitrogens with one attached hydrogen (secondary N) is 1.